The van der Waals surface area contributed by atoms with Crippen molar-refractivity contribution in [1.82, 2.24) is 9.80 Å². The topological polar surface area (TPSA) is 62.1 Å². The zero-order valence-corrected chi connectivity index (χ0v) is 16.3. The van der Waals surface area contributed by atoms with Gasteiger partial charge >= 0.3 is 5.91 Å². The number of rotatable bonds is 6. The Morgan fingerprint density at radius 3 is 2.63 bits per heavy atom. The number of likely N-dealkylation sites (N-methyl/N-ethyl adjacent to an activating group) is 1. The number of amides is 2. The van der Waals surface area contributed by atoms with Gasteiger partial charge in [-0.25, -0.2) is 4.79 Å². The van der Waals surface area contributed by atoms with E-state index < -0.39 is 6.04 Å². The third-order valence-corrected chi connectivity index (χ3v) is 5.91. The van der Waals surface area contributed by atoms with E-state index in [1.807, 2.05) is 49.3 Å². The smallest absolute Gasteiger partial charge is 0.325 e. The van der Waals surface area contributed by atoms with Gasteiger partial charge in [0.2, 0.25) is 5.91 Å². The minimum atomic E-state index is -0.397. The highest BCUT2D eigenvalue weighted by molar-refractivity contribution is 5.88. The molecule has 4 atom stereocenters. The van der Waals surface area contributed by atoms with Crippen LogP contribution >= 0.6 is 0 Å². The van der Waals surface area contributed by atoms with Crippen LogP contribution in [0, 0.1) is 0 Å². The van der Waals surface area contributed by atoms with Gasteiger partial charge in [0.15, 0.2) is 12.3 Å². The minimum Gasteiger partial charge on any atom is -0.325 e. The second-order valence-corrected chi connectivity index (χ2v) is 7.88. The van der Waals surface area contributed by atoms with Gasteiger partial charge in [0.05, 0.1) is 12.6 Å². The number of quaternary nitrogens is 1. The van der Waals surface area contributed by atoms with E-state index in [-0.39, 0.29) is 23.9 Å². The zero-order valence-electron chi connectivity index (χ0n) is 16.3. The summed E-state index contributed by atoms with van der Waals surface area (Å²) in [6.07, 6.45) is 4.72. The summed E-state index contributed by atoms with van der Waals surface area (Å²) in [7, 11) is 3.82. The van der Waals surface area contributed by atoms with Gasteiger partial charge in [0.25, 0.3) is 0 Å². The van der Waals surface area contributed by atoms with Gasteiger partial charge in [-0.05, 0) is 38.9 Å². The summed E-state index contributed by atoms with van der Waals surface area (Å²) in [6, 6.07) is 9.04. The molecule has 0 spiro atoms. The third kappa shape index (κ3) is 4.28. The van der Waals surface area contributed by atoms with Crippen molar-refractivity contribution in [2.75, 3.05) is 27.2 Å². The molecule has 0 radical (unpaired) electrons. The predicted molar refractivity (Wildman–Crippen MR) is 102 cm³/mol. The van der Waals surface area contributed by atoms with Gasteiger partial charge in [0.1, 0.15) is 6.04 Å². The molecule has 27 heavy (non-hydrogen) atoms. The monoisotopic (exact) mass is 372 g/mol. The number of aldehydes is 1. The van der Waals surface area contributed by atoms with E-state index in [4.69, 9.17) is 0 Å². The first-order valence-corrected chi connectivity index (χ1v) is 9.89. The Bertz CT molecular complexity index is 677. The van der Waals surface area contributed by atoms with E-state index in [2.05, 4.69) is 0 Å². The van der Waals surface area contributed by atoms with Crippen LogP contribution in [0.5, 0.6) is 0 Å². The molecule has 6 heteroatoms. The maximum atomic E-state index is 13.3. The van der Waals surface area contributed by atoms with Crippen LogP contribution in [0.3, 0.4) is 0 Å². The maximum absolute atomic E-state index is 13.3. The molecular formula is C21H30N3O3+. The predicted octanol–water partition coefficient (Wildman–Crippen LogP) is -0.0769. The Labute approximate surface area is 161 Å². The highest BCUT2D eigenvalue weighted by Gasteiger charge is 2.45. The van der Waals surface area contributed by atoms with Crippen molar-refractivity contribution in [2.24, 2.45) is 0 Å². The summed E-state index contributed by atoms with van der Waals surface area (Å²) in [5.41, 5.74) is 1.11. The van der Waals surface area contributed by atoms with E-state index in [1.54, 1.807) is 4.90 Å². The fourth-order valence-corrected chi connectivity index (χ4v) is 4.36. The molecule has 1 unspecified atom stereocenters. The van der Waals surface area contributed by atoms with Crippen molar-refractivity contribution in [3.05, 3.63) is 35.9 Å². The first kappa shape index (κ1) is 19.7. The summed E-state index contributed by atoms with van der Waals surface area (Å²) in [6.45, 7) is 1.31. The van der Waals surface area contributed by atoms with E-state index in [9.17, 15) is 14.4 Å². The Morgan fingerprint density at radius 2 is 1.96 bits per heavy atom. The molecule has 146 valence electrons. The maximum Gasteiger partial charge on any atom is 0.335 e. The second-order valence-electron chi connectivity index (χ2n) is 7.88. The minimum absolute atomic E-state index is 0.0148. The van der Waals surface area contributed by atoms with Crippen LogP contribution < -0.4 is 4.90 Å². The fourth-order valence-electron chi connectivity index (χ4n) is 4.36. The van der Waals surface area contributed by atoms with Gasteiger partial charge in [-0.15, -0.1) is 0 Å². The number of carbonyl (C=O) groups excluding carboxylic acids is 3. The Morgan fingerprint density at radius 1 is 1.22 bits per heavy atom. The lowest BCUT2D eigenvalue weighted by Crippen LogP contribution is -3.18. The standard InChI is InChI=1S/C21H29N3O3/c1-22(2)19(14-16-8-4-3-5-9-16)21(27)24-13-7-11-18(24)20(26)23-12-6-10-17(23)15-25/h3-5,8-9,15,17-19H,6-7,10-14H2,1-2H3/p+1/t17-,18-,19+/m0/s1. The van der Waals surface area contributed by atoms with Crippen LogP contribution in [-0.2, 0) is 20.8 Å². The summed E-state index contributed by atoms with van der Waals surface area (Å²) < 4.78 is 0. The Balaban J connectivity index is 1.74. The van der Waals surface area contributed by atoms with Crippen LogP contribution in [0.2, 0.25) is 0 Å². The summed E-state index contributed by atoms with van der Waals surface area (Å²) >= 11 is 0. The molecule has 2 aliphatic rings. The molecule has 2 heterocycles. The van der Waals surface area contributed by atoms with Gasteiger partial charge in [-0.3, -0.25) is 19.4 Å². The quantitative estimate of drug-likeness (QED) is 0.710. The molecule has 1 N–H and O–H groups in total. The Kier molecular flexibility index (Phi) is 6.39. The summed E-state index contributed by atoms with van der Waals surface area (Å²) in [5.74, 6) is 0.0358. The van der Waals surface area contributed by atoms with E-state index in [0.29, 0.717) is 25.9 Å². The molecule has 0 bridgehead atoms. The second kappa shape index (κ2) is 8.76. The number of hydrogen-bond acceptors (Lipinski definition) is 4. The number of hydrogen-bond donors (Lipinski definition) is 1. The van der Waals surface area contributed by atoms with Gasteiger partial charge in [0, 0.05) is 19.4 Å². The number of benzene rings is 1. The molecule has 0 saturated carbocycles. The van der Waals surface area contributed by atoms with Crippen LogP contribution in [0.1, 0.15) is 31.2 Å². The molecule has 2 saturated heterocycles. The number of nitrogens with one attached hydrogen (secondary N) is 1. The average Bonchev–Trinajstić information content (AvgIpc) is 3.34. The molecule has 2 fully saturated rings. The molecule has 0 aromatic heterocycles. The van der Waals surface area contributed by atoms with Crippen molar-refractivity contribution in [3.63, 3.8) is 0 Å². The molecule has 1 aromatic rings. The molecule has 2 aliphatic heterocycles. The molecule has 1 aromatic carbocycles. The van der Waals surface area contributed by atoms with Crippen molar-refractivity contribution >= 4 is 18.1 Å². The van der Waals surface area contributed by atoms with Crippen molar-refractivity contribution in [3.8, 4) is 0 Å². The van der Waals surface area contributed by atoms with Crippen LogP contribution in [0.15, 0.2) is 30.3 Å². The largest absolute Gasteiger partial charge is 0.335 e. The van der Waals surface area contributed by atoms with Crippen LogP contribution in [-0.4, -0.2) is 73.2 Å². The van der Waals surface area contributed by atoms with E-state index >= 15 is 0 Å². The molecule has 3 rings (SSSR count). The van der Waals surface area contributed by atoms with E-state index in [1.165, 1.54) is 0 Å². The highest BCUT2D eigenvalue weighted by Crippen LogP contribution is 2.21. The van der Waals surface area contributed by atoms with Crippen molar-refractivity contribution < 1.29 is 19.3 Å². The SMILES string of the molecule is CN(C)[C@H](Cc1ccccc1)C(=O)N1CCC[C@H]1C(=O)[NH+]1CCC[C@H]1C=O. The average molecular weight is 372 g/mol. The molecular weight excluding hydrogens is 342 g/mol. The Hall–Kier alpha value is -2.05. The molecule has 2 amide bonds. The van der Waals surface area contributed by atoms with E-state index in [0.717, 1.165) is 36.0 Å². The molecule has 0 aliphatic carbocycles. The van der Waals surface area contributed by atoms with Crippen molar-refractivity contribution in [2.45, 2.75) is 50.2 Å². The van der Waals surface area contributed by atoms with Gasteiger partial charge in [-0.2, -0.15) is 0 Å². The number of nitrogens with zero attached hydrogens (tertiary/aromatic N) is 2. The number of likely N-dealkylation sites (tertiary alicyclic amines) is 2. The zero-order chi connectivity index (χ0) is 19.4. The summed E-state index contributed by atoms with van der Waals surface area (Å²) in [5, 5.41) is 0. The lowest BCUT2D eigenvalue weighted by atomic mass is 10.0. The van der Waals surface area contributed by atoms with Crippen LogP contribution in [0.4, 0.5) is 0 Å². The van der Waals surface area contributed by atoms with Gasteiger partial charge in [-0.1, -0.05) is 30.3 Å². The lowest BCUT2D eigenvalue weighted by molar-refractivity contribution is -0.823. The van der Waals surface area contributed by atoms with Crippen molar-refractivity contribution in [1.29, 1.82) is 0 Å². The third-order valence-electron chi connectivity index (χ3n) is 5.91. The fraction of sp³-hybridized carbons (Fsp3) is 0.571. The first-order chi connectivity index (χ1) is 13.0. The lowest BCUT2D eigenvalue weighted by Gasteiger charge is -2.32. The first-order valence-electron chi connectivity index (χ1n) is 9.89. The normalized spacial score (nSPS) is 26.3. The van der Waals surface area contributed by atoms with Gasteiger partial charge < -0.3 is 4.90 Å². The highest BCUT2D eigenvalue weighted by atomic mass is 16.2. The summed E-state index contributed by atoms with van der Waals surface area (Å²) in [4.78, 5) is 42.1. The molecule has 6 nitrogen and oxygen atoms in total. The van der Waals surface area contributed by atoms with Crippen LogP contribution in [0.25, 0.3) is 0 Å². The number of carbonyl (C=O) groups is 3.